The second kappa shape index (κ2) is 52.4. The summed E-state index contributed by atoms with van der Waals surface area (Å²) < 4.78 is 0. The monoisotopic (exact) mass is 858 g/mol. The van der Waals surface area contributed by atoms with Crippen LogP contribution >= 0.6 is 0 Å². The smallest absolute Gasteiger partial charge is 0.220 e. The average molecular weight is 858 g/mol. The van der Waals surface area contributed by atoms with E-state index in [0.29, 0.717) is 6.42 Å². The zero-order chi connectivity index (χ0) is 44.9. The van der Waals surface area contributed by atoms with Gasteiger partial charge in [0.25, 0.3) is 0 Å². The highest BCUT2D eigenvalue weighted by molar-refractivity contribution is 5.76. The Labute approximate surface area is 385 Å². The van der Waals surface area contributed by atoms with E-state index in [0.717, 1.165) is 77.0 Å². The van der Waals surface area contributed by atoms with Crippen LogP contribution in [0.5, 0.6) is 0 Å². The number of nitrogens with one attached hydrogen (secondary N) is 1. The number of hydrogen-bond donors (Lipinski definition) is 3. The summed E-state index contributed by atoms with van der Waals surface area (Å²) in [6.07, 6.45) is 79.9. The van der Waals surface area contributed by atoms with Crippen molar-refractivity contribution in [3.05, 3.63) is 109 Å². The maximum atomic E-state index is 12.4. The van der Waals surface area contributed by atoms with Crippen LogP contribution in [0.1, 0.15) is 232 Å². The fourth-order valence-corrected chi connectivity index (χ4v) is 7.40. The van der Waals surface area contributed by atoms with E-state index in [1.54, 1.807) is 6.08 Å². The number of allylic oxidation sites excluding steroid dienone is 17. The molecular weight excluding hydrogens is 759 g/mol. The van der Waals surface area contributed by atoms with Crippen molar-refractivity contribution in [1.29, 1.82) is 0 Å². The Morgan fingerprint density at radius 2 is 0.742 bits per heavy atom. The predicted molar refractivity (Wildman–Crippen MR) is 276 cm³/mol. The first-order valence-electron chi connectivity index (χ1n) is 26.1. The van der Waals surface area contributed by atoms with Crippen LogP contribution in [0.3, 0.4) is 0 Å². The van der Waals surface area contributed by atoms with Crippen LogP contribution < -0.4 is 5.32 Å². The highest BCUT2D eigenvalue weighted by Gasteiger charge is 2.17. The van der Waals surface area contributed by atoms with Gasteiger partial charge in [-0.1, -0.05) is 245 Å². The largest absolute Gasteiger partial charge is 0.394 e. The van der Waals surface area contributed by atoms with E-state index < -0.39 is 12.1 Å². The van der Waals surface area contributed by atoms with Gasteiger partial charge in [0.2, 0.25) is 5.91 Å². The van der Waals surface area contributed by atoms with Gasteiger partial charge in [-0.05, 0) is 90.4 Å². The van der Waals surface area contributed by atoms with Crippen LogP contribution in [0, 0.1) is 0 Å². The molecule has 0 aromatic rings. The Morgan fingerprint density at radius 3 is 1.13 bits per heavy atom. The first-order chi connectivity index (χ1) is 30.7. The van der Waals surface area contributed by atoms with Gasteiger partial charge in [0, 0.05) is 6.42 Å². The van der Waals surface area contributed by atoms with E-state index in [4.69, 9.17) is 0 Å². The molecule has 1 amide bonds. The number of rotatable bonds is 46. The lowest BCUT2D eigenvalue weighted by molar-refractivity contribution is -0.123. The minimum absolute atomic E-state index is 0.0821. The van der Waals surface area contributed by atoms with E-state index >= 15 is 0 Å². The van der Waals surface area contributed by atoms with Crippen molar-refractivity contribution in [3.8, 4) is 0 Å². The van der Waals surface area contributed by atoms with Crippen molar-refractivity contribution < 1.29 is 15.0 Å². The topological polar surface area (TPSA) is 69.6 Å². The molecule has 62 heavy (non-hydrogen) atoms. The fraction of sp³-hybridized carbons (Fsp3) is 0.672. The van der Waals surface area contributed by atoms with Crippen LogP contribution in [0.15, 0.2) is 109 Å². The number of aliphatic hydroxyl groups is 2. The molecule has 354 valence electrons. The Balaban J connectivity index is 3.43. The standard InChI is InChI=1S/C58H99NO3/c1-3-5-7-9-11-13-14-15-16-17-18-19-20-21-22-23-24-25-26-27-28-29-30-31-32-33-34-35-36-37-38-39-40-41-42-43-44-46-48-50-52-54-58(62)59-56(55-60)57(61)53-51-49-47-45-12-10-8-6-4-2/h4-7,11-13,15-16,18-19,21-22,24-25,45,51,53,56-57,60-61H,3,8-10,14,17,20,23,26-44,46-50,52,54-55H2,1-2H3,(H,59,62)/b6-4+,7-5-,13-11-,16-15-,19-18-,22-21-,25-24-,45-12+,53-51+. The van der Waals surface area contributed by atoms with E-state index in [1.165, 1.54) is 135 Å². The highest BCUT2D eigenvalue weighted by Crippen LogP contribution is 2.16. The fourth-order valence-electron chi connectivity index (χ4n) is 7.40. The van der Waals surface area contributed by atoms with Gasteiger partial charge in [-0.25, -0.2) is 0 Å². The molecule has 0 saturated carbocycles. The quantitative estimate of drug-likeness (QED) is 0.0422. The molecule has 0 heterocycles. The summed E-state index contributed by atoms with van der Waals surface area (Å²) in [4.78, 5) is 12.4. The van der Waals surface area contributed by atoms with Gasteiger partial charge in [0.15, 0.2) is 0 Å². The summed E-state index contributed by atoms with van der Waals surface area (Å²) >= 11 is 0. The molecule has 0 radical (unpaired) electrons. The molecule has 0 aliphatic carbocycles. The van der Waals surface area contributed by atoms with Crippen LogP contribution in [0.25, 0.3) is 0 Å². The number of unbranched alkanes of at least 4 members (excludes halogenated alkanes) is 24. The van der Waals surface area contributed by atoms with Gasteiger partial charge < -0.3 is 15.5 Å². The lowest BCUT2D eigenvalue weighted by Crippen LogP contribution is -2.45. The molecule has 2 atom stereocenters. The van der Waals surface area contributed by atoms with Crippen LogP contribution in [-0.4, -0.2) is 34.9 Å². The molecule has 0 aromatic carbocycles. The molecular formula is C58H99NO3. The molecule has 0 fully saturated rings. The Morgan fingerprint density at radius 1 is 0.419 bits per heavy atom. The van der Waals surface area contributed by atoms with Gasteiger partial charge >= 0.3 is 0 Å². The van der Waals surface area contributed by atoms with Gasteiger partial charge in [0.05, 0.1) is 18.8 Å². The van der Waals surface area contributed by atoms with Crippen molar-refractivity contribution in [3.63, 3.8) is 0 Å². The maximum Gasteiger partial charge on any atom is 0.220 e. The van der Waals surface area contributed by atoms with Gasteiger partial charge in [-0.2, -0.15) is 0 Å². The molecule has 2 unspecified atom stereocenters. The van der Waals surface area contributed by atoms with Crippen LogP contribution in [-0.2, 0) is 4.79 Å². The van der Waals surface area contributed by atoms with Crippen LogP contribution in [0.2, 0.25) is 0 Å². The molecule has 0 saturated heterocycles. The summed E-state index contributed by atoms with van der Waals surface area (Å²) in [5, 5.41) is 22.9. The number of carbonyl (C=O) groups is 1. The number of aliphatic hydroxyl groups excluding tert-OH is 2. The third-order valence-electron chi connectivity index (χ3n) is 11.3. The molecule has 0 rings (SSSR count). The summed E-state index contributed by atoms with van der Waals surface area (Å²) in [6, 6.07) is -0.646. The number of amides is 1. The zero-order valence-electron chi connectivity index (χ0n) is 40.6. The summed E-state index contributed by atoms with van der Waals surface area (Å²) in [6.45, 7) is 3.94. The molecule has 3 N–H and O–H groups in total. The lowest BCUT2D eigenvalue weighted by atomic mass is 10.0. The Bertz CT molecular complexity index is 1200. The third-order valence-corrected chi connectivity index (χ3v) is 11.3. The second-order valence-electron chi connectivity index (χ2n) is 17.2. The minimum Gasteiger partial charge on any atom is -0.394 e. The molecule has 4 heteroatoms. The van der Waals surface area contributed by atoms with Gasteiger partial charge in [-0.3, -0.25) is 4.79 Å². The highest BCUT2D eigenvalue weighted by atomic mass is 16.3. The molecule has 0 aliphatic rings. The Kier molecular flexibility index (Phi) is 49.9. The number of carbonyl (C=O) groups excluding carboxylic acids is 1. The van der Waals surface area contributed by atoms with Crippen molar-refractivity contribution >= 4 is 5.91 Å². The van der Waals surface area contributed by atoms with E-state index in [1.807, 2.05) is 13.0 Å². The average Bonchev–Trinajstić information content (AvgIpc) is 3.28. The summed E-state index contributed by atoms with van der Waals surface area (Å²) in [5.74, 6) is -0.0821. The zero-order valence-corrected chi connectivity index (χ0v) is 40.6. The first kappa shape index (κ1) is 59.1. The number of hydrogen-bond acceptors (Lipinski definition) is 3. The third kappa shape index (κ3) is 48.1. The predicted octanol–water partition coefficient (Wildman–Crippen LogP) is 17.1. The van der Waals surface area contributed by atoms with Crippen molar-refractivity contribution in [2.24, 2.45) is 0 Å². The molecule has 0 spiro atoms. The SMILES string of the molecule is C/C=C/CC/C=C/CC/C=C/C(O)C(CO)NC(=O)CCCCCCCCCCCCCCCCCCCCCCCC/C=C\C/C=C\C/C=C\C/C=C\C/C=C\C/C=C\CC. The molecule has 0 bridgehead atoms. The van der Waals surface area contributed by atoms with E-state index in [2.05, 4.69) is 109 Å². The maximum absolute atomic E-state index is 12.4. The van der Waals surface area contributed by atoms with Gasteiger partial charge in [0.1, 0.15) is 0 Å². The Hall–Kier alpha value is -2.95. The lowest BCUT2D eigenvalue weighted by Gasteiger charge is -2.19. The van der Waals surface area contributed by atoms with Crippen molar-refractivity contribution in [2.75, 3.05) is 6.61 Å². The van der Waals surface area contributed by atoms with Crippen LogP contribution in [0.4, 0.5) is 0 Å². The van der Waals surface area contributed by atoms with E-state index in [-0.39, 0.29) is 12.5 Å². The molecule has 0 aromatic heterocycles. The summed E-state index contributed by atoms with van der Waals surface area (Å²) in [7, 11) is 0. The van der Waals surface area contributed by atoms with Crippen molar-refractivity contribution in [2.45, 2.75) is 244 Å². The minimum atomic E-state index is -0.870. The van der Waals surface area contributed by atoms with E-state index in [9.17, 15) is 15.0 Å². The van der Waals surface area contributed by atoms with Crippen molar-refractivity contribution in [1.82, 2.24) is 5.32 Å². The second-order valence-corrected chi connectivity index (χ2v) is 17.2. The molecule has 0 aliphatic heterocycles. The normalized spacial score (nSPS) is 13.8. The molecule has 4 nitrogen and oxygen atoms in total. The van der Waals surface area contributed by atoms with Gasteiger partial charge in [-0.15, -0.1) is 0 Å². The summed E-state index contributed by atoms with van der Waals surface area (Å²) in [5.41, 5.74) is 0. The first-order valence-corrected chi connectivity index (χ1v) is 26.1.